The minimum atomic E-state index is -2.79. The van der Waals surface area contributed by atoms with Gasteiger partial charge in [0.2, 0.25) is 0 Å². The van der Waals surface area contributed by atoms with Crippen LogP contribution in [-0.4, -0.2) is 10.1 Å². The lowest BCUT2D eigenvalue weighted by Crippen LogP contribution is -2.03. The molecule has 0 bridgehead atoms. The predicted octanol–water partition coefficient (Wildman–Crippen LogP) is 2.12. The van der Waals surface area contributed by atoms with Gasteiger partial charge >= 0.3 is 0 Å². The van der Waals surface area contributed by atoms with Crippen LogP contribution in [0.25, 0.3) is 0 Å². The van der Waals surface area contributed by atoms with Crippen LogP contribution in [0.3, 0.4) is 0 Å². The maximum atomic E-state index is 12.5. The number of aliphatic hydroxyl groups is 1. The first-order chi connectivity index (χ1) is 7.13. The van der Waals surface area contributed by atoms with Crippen molar-refractivity contribution in [1.82, 2.24) is 4.98 Å². The molecule has 0 atom stereocenters. The molecule has 0 unspecified atom stereocenters. The quantitative estimate of drug-likeness (QED) is 0.812. The number of rotatable bonds is 3. The molecule has 1 N–H and O–H groups in total. The number of alkyl halides is 3. The highest BCUT2D eigenvalue weighted by Crippen LogP contribution is 2.24. The summed E-state index contributed by atoms with van der Waals surface area (Å²) in [5.74, 6) is -0.0336. The first-order valence-electron chi connectivity index (χ1n) is 4.01. The molecule has 1 heterocycles. The molecule has 0 radical (unpaired) electrons. The zero-order valence-corrected chi connectivity index (χ0v) is 8.30. The molecular formula is C9H7ClF2N2O. The largest absolute Gasteiger partial charge is 0.392 e. The fourth-order valence-electron chi connectivity index (χ4n) is 1.12. The highest BCUT2D eigenvalue weighted by atomic mass is 35.5. The van der Waals surface area contributed by atoms with E-state index < -0.39 is 18.6 Å². The first kappa shape index (κ1) is 11.8. The average Bonchev–Trinajstić information content (AvgIpc) is 2.26. The van der Waals surface area contributed by atoms with Crippen LogP contribution < -0.4 is 0 Å². The van der Waals surface area contributed by atoms with Crippen molar-refractivity contribution in [2.24, 2.45) is 0 Å². The summed E-state index contributed by atoms with van der Waals surface area (Å²) in [5.41, 5.74) is -0.354. The van der Waals surface area contributed by atoms with Crippen molar-refractivity contribution in [3.8, 4) is 6.07 Å². The predicted molar refractivity (Wildman–Crippen MR) is 49.4 cm³/mol. The Morgan fingerprint density at radius 2 is 2.27 bits per heavy atom. The smallest absolute Gasteiger partial charge is 0.266 e. The number of aliphatic hydroxyl groups excluding tert-OH is 1. The van der Waals surface area contributed by atoms with Gasteiger partial charge in [-0.05, 0) is 6.07 Å². The molecule has 0 amide bonds. The first-order valence-corrected chi connectivity index (χ1v) is 4.55. The lowest BCUT2D eigenvalue weighted by molar-refractivity contribution is 0.150. The molecule has 6 heteroatoms. The Bertz CT molecular complexity index is 404. The molecule has 15 heavy (non-hydrogen) atoms. The summed E-state index contributed by atoms with van der Waals surface area (Å²) >= 11 is 5.50. The third-order valence-corrected chi connectivity index (χ3v) is 2.11. The van der Waals surface area contributed by atoms with Crippen LogP contribution in [0.5, 0.6) is 0 Å². The lowest BCUT2D eigenvalue weighted by atomic mass is 10.1. The maximum absolute atomic E-state index is 12.5. The Balaban J connectivity index is 3.36. The Labute approximate surface area is 89.9 Å². The zero-order valence-electron chi connectivity index (χ0n) is 7.54. The van der Waals surface area contributed by atoms with Crippen molar-refractivity contribution < 1.29 is 13.9 Å². The number of halogens is 3. The van der Waals surface area contributed by atoms with Crippen LogP contribution in [0.2, 0.25) is 0 Å². The molecule has 0 aliphatic carbocycles. The van der Waals surface area contributed by atoms with Gasteiger partial charge in [0, 0.05) is 5.56 Å². The maximum Gasteiger partial charge on any atom is 0.266 e. The number of nitrogens with zero attached hydrogens (tertiary/aromatic N) is 2. The molecule has 0 aliphatic heterocycles. The Morgan fingerprint density at radius 1 is 1.60 bits per heavy atom. The van der Waals surface area contributed by atoms with E-state index in [0.717, 1.165) is 6.07 Å². The van der Waals surface area contributed by atoms with Crippen LogP contribution in [-0.2, 0) is 12.5 Å². The topological polar surface area (TPSA) is 56.9 Å². The van der Waals surface area contributed by atoms with Crippen molar-refractivity contribution in [2.45, 2.75) is 18.9 Å². The fourth-order valence-corrected chi connectivity index (χ4v) is 1.35. The van der Waals surface area contributed by atoms with Gasteiger partial charge in [0.05, 0.1) is 23.7 Å². The summed E-state index contributed by atoms with van der Waals surface area (Å²) in [5, 5.41) is 17.5. The van der Waals surface area contributed by atoms with Gasteiger partial charge < -0.3 is 5.11 Å². The van der Waals surface area contributed by atoms with Crippen LogP contribution in [0, 0.1) is 11.3 Å². The molecule has 1 aromatic rings. The van der Waals surface area contributed by atoms with Crippen LogP contribution >= 0.6 is 11.6 Å². The summed E-state index contributed by atoms with van der Waals surface area (Å²) in [6, 6.07) is 2.63. The van der Waals surface area contributed by atoms with Gasteiger partial charge in [-0.25, -0.2) is 13.8 Å². The third kappa shape index (κ3) is 2.41. The molecule has 80 valence electrons. The van der Waals surface area contributed by atoms with Crippen molar-refractivity contribution in [1.29, 1.82) is 5.26 Å². The summed E-state index contributed by atoms with van der Waals surface area (Å²) in [4.78, 5) is 3.67. The average molecular weight is 233 g/mol. The second-order valence-corrected chi connectivity index (χ2v) is 3.00. The summed E-state index contributed by atoms with van der Waals surface area (Å²) < 4.78 is 24.9. The molecule has 0 saturated heterocycles. The highest BCUT2D eigenvalue weighted by molar-refractivity contribution is 6.17. The van der Waals surface area contributed by atoms with Gasteiger partial charge in [-0.15, -0.1) is 11.6 Å². The van der Waals surface area contributed by atoms with E-state index in [-0.39, 0.29) is 22.8 Å². The Morgan fingerprint density at radius 3 is 2.67 bits per heavy atom. The van der Waals surface area contributed by atoms with Gasteiger partial charge in [0.25, 0.3) is 6.43 Å². The number of hydrogen-bond acceptors (Lipinski definition) is 3. The Hall–Kier alpha value is -1.25. The van der Waals surface area contributed by atoms with E-state index >= 15 is 0 Å². The van der Waals surface area contributed by atoms with Gasteiger partial charge in [-0.3, -0.25) is 0 Å². The lowest BCUT2D eigenvalue weighted by Gasteiger charge is -2.08. The SMILES string of the molecule is N#Cc1nc(CCl)c(CO)cc1C(F)F. The van der Waals surface area contributed by atoms with Crippen LogP contribution in [0.4, 0.5) is 8.78 Å². The fraction of sp³-hybridized carbons (Fsp3) is 0.333. The second-order valence-electron chi connectivity index (χ2n) is 2.74. The van der Waals surface area contributed by atoms with Crippen LogP contribution in [0.15, 0.2) is 6.07 Å². The molecular weight excluding hydrogens is 226 g/mol. The van der Waals surface area contributed by atoms with E-state index in [4.69, 9.17) is 22.0 Å². The number of hydrogen-bond donors (Lipinski definition) is 1. The van der Waals surface area contributed by atoms with Crippen molar-refractivity contribution in [2.75, 3.05) is 0 Å². The number of aromatic nitrogens is 1. The Kier molecular flexibility index (Phi) is 3.95. The molecule has 0 spiro atoms. The van der Waals surface area contributed by atoms with E-state index in [2.05, 4.69) is 4.98 Å². The molecule has 1 rings (SSSR count). The third-order valence-electron chi connectivity index (χ3n) is 1.86. The van der Waals surface area contributed by atoms with E-state index in [1.807, 2.05) is 0 Å². The van der Waals surface area contributed by atoms with Crippen LogP contribution in [0.1, 0.15) is 28.9 Å². The van der Waals surface area contributed by atoms with Gasteiger partial charge in [-0.2, -0.15) is 5.26 Å². The summed E-state index contributed by atoms with van der Waals surface area (Å²) in [6.45, 7) is -0.430. The van der Waals surface area contributed by atoms with Gasteiger partial charge in [0.15, 0.2) is 0 Å². The molecule has 0 aliphatic rings. The molecule has 0 aromatic carbocycles. The molecule has 0 fully saturated rings. The molecule has 3 nitrogen and oxygen atoms in total. The van der Waals surface area contributed by atoms with E-state index in [1.165, 1.54) is 0 Å². The number of nitriles is 1. The van der Waals surface area contributed by atoms with Crippen molar-refractivity contribution in [3.63, 3.8) is 0 Å². The molecule has 1 aromatic heterocycles. The minimum absolute atomic E-state index is 0.0336. The van der Waals surface area contributed by atoms with Crippen molar-refractivity contribution in [3.05, 3.63) is 28.6 Å². The highest BCUT2D eigenvalue weighted by Gasteiger charge is 2.17. The van der Waals surface area contributed by atoms with E-state index in [0.29, 0.717) is 0 Å². The monoisotopic (exact) mass is 232 g/mol. The summed E-state index contributed by atoms with van der Waals surface area (Å²) in [6.07, 6.45) is -2.79. The van der Waals surface area contributed by atoms with E-state index in [1.54, 1.807) is 6.07 Å². The van der Waals surface area contributed by atoms with Gasteiger partial charge in [-0.1, -0.05) is 0 Å². The van der Waals surface area contributed by atoms with E-state index in [9.17, 15) is 8.78 Å². The zero-order chi connectivity index (χ0) is 11.4. The standard InChI is InChI=1S/C9H7ClF2N2O/c10-2-7-5(4-15)1-6(9(11)12)8(3-13)14-7/h1,9,15H,2,4H2. The normalized spacial score (nSPS) is 10.4. The minimum Gasteiger partial charge on any atom is -0.392 e. The van der Waals surface area contributed by atoms with Gasteiger partial charge in [0.1, 0.15) is 11.8 Å². The van der Waals surface area contributed by atoms with Crippen molar-refractivity contribution >= 4 is 11.6 Å². The second kappa shape index (κ2) is 5.01. The summed E-state index contributed by atoms with van der Waals surface area (Å²) in [7, 11) is 0. The number of pyridine rings is 1. The molecule has 0 saturated carbocycles.